The number of hydrogen-bond donors (Lipinski definition) is 1. The van der Waals surface area contributed by atoms with Gasteiger partial charge in [-0.25, -0.2) is 14.5 Å². The van der Waals surface area contributed by atoms with Crippen molar-refractivity contribution in [3.63, 3.8) is 0 Å². The van der Waals surface area contributed by atoms with Crippen molar-refractivity contribution in [1.29, 1.82) is 0 Å². The number of pyridine rings is 1. The molecule has 3 aromatic rings. The number of urea groups is 1. The van der Waals surface area contributed by atoms with E-state index in [1.165, 1.54) is 23.7 Å². The van der Waals surface area contributed by atoms with Gasteiger partial charge in [0.2, 0.25) is 5.91 Å². The minimum atomic E-state index is -4.11. The predicted octanol–water partition coefficient (Wildman–Crippen LogP) is 5.03. The molecule has 2 aromatic heterocycles. The van der Waals surface area contributed by atoms with Gasteiger partial charge in [0.1, 0.15) is 5.82 Å². The molecule has 0 bridgehead atoms. The molecule has 0 spiro atoms. The van der Waals surface area contributed by atoms with Gasteiger partial charge in [-0.2, -0.15) is 13.5 Å². The molecule has 1 aliphatic carbocycles. The SMILES string of the molecule is Cc1ccc(-n2nc(C(C)(C)C)cc2N(OS(C)(=O)=O)C(=O)Nc2ccc(N3CCN(C(=O)CC4CCCC4)CC3)nc2)cc1. The van der Waals surface area contributed by atoms with E-state index in [2.05, 4.69) is 15.2 Å². The molecule has 45 heavy (non-hydrogen) atoms. The maximum absolute atomic E-state index is 13.6. The van der Waals surface area contributed by atoms with Crippen LogP contribution in [0.15, 0.2) is 48.7 Å². The summed E-state index contributed by atoms with van der Waals surface area (Å²) in [6.45, 7) is 10.5. The van der Waals surface area contributed by atoms with Crippen molar-refractivity contribution in [3.05, 3.63) is 59.9 Å². The van der Waals surface area contributed by atoms with Crippen LogP contribution < -0.4 is 15.3 Å². The molecule has 1 saturated carbocycles. The first-order valence-corrected chi connectivity index (χ1v) is 17.3. The zero-order valence-electron chi connectivity index (χ0n) is 26.7. The second-order valence-electron chi connectivity index (χ2n) is 13.0. The number of hydroxylamine groups is 1. The molecule has 0 radical (unpaired) electrons. The lowest BCUT2D eigenvalue weighted by molar-refractivity contribution is -0.132. The number of nitrogens with one attached hydrogen (secondary N) is 1. The lowest BCUT2D eigenvalue weighted by atomic mass is 9.92. The summed E-state index contributed by atoms with van der Waals surface area (Å²) in [5, 5.41) is 8.11. The number of piperazine rings is 1. The molecule has 1 N–H and O–H groups in total. The van der Waals surface area contributed by atoms with E-state index in [-0.39, 0.29) is 11.7 Å². The maximum Gasteiger partial charge on any atom is 0.353 e. The Morgan fingerprint density at radius 3 is 2.27 bits per heavy atom. The van der Waals surface area contributed by atoms with Crippen LogP contribution in [0.5, 0.6) is 0 Å². The maximum atomic E-state index is 13.6. The third-order valence-electron chi connectivity index (χ3n) is 8.23. The van der Waals surface area contributed by atoms with Crippen LogP contribution in [0, 0.1) is 12.8 Å². The number of nitrogens with zero attached hydrogens (tertiary/aromatic N) is 6. The van der Waals surface area contributed by atoms with Gasteiger partial charge in [-0.1, -0.05) is 51.3 Å². The molecule has 1 aliphatic heterocycles. The smallest absolute Gasteiger partial charge is 0.353 e. The fourth-order valence-corrected chi connectivity index (χ4v) is 6.08. The fraction of sp³-hybridized carbons (Fsp3) is 0.500. The van der Waals surface area contributed by atoms with E-state index in [0.717, 1.165) is 30.5 Å². The Labute approximate surface area is 265 Å². The zero-order chi connectivity index (χ0) is 32.4. The van der Waals surface area contributed by atoms with Crippen LogP contribution in [0.25, 0.3) is 5.69 Å². The molecule has 1 saturated heterocycles. The van der Waals surface area contributed by atoms with Crippen LogP contribution in [-0.4, -0.2) is 72.5 Å². The summed E-state index contributed by atoms with van der Waals surface area (Å²) >= 11 is 0. The number of anilines is 3. The first kappa shape index (κ1) is 32.4. The molecular weight excluding hydrogens is 594 g/mol. The molecule has 1 aromatic carbocycles. The molecule has 242 valence electrons. The molecule has 0 unspecified atom stereocenters. The fourth-order valence-electron chi connectivity index (χ4n) is 5.67. The van der Waals surface area contributed by atoms with Crippen molar-refractivity contribution in [2.45, 2.75) is 65.2 Å². The van der Waals surface area contributed by atoms with Crippen molar-refractivity contribution in [1.82, 2.24) is 19.7 Å². The Hall–Kier alpha value is -3.97. The Bertz CT molecular complexity index is 1600. The third kappa shape index (κ3) is 8.20. The lowest BCUT2D eigenvalue weighted by Crippen LogP contribution is -2.49. The minimum absolute atomic E-state index is 0.122. The second kappa shape index (κ2) is 13.2. The van der Waals surface area contributed by atoms with Gasteiger partial charge in [0.25, 0.3) is 10.1 Å². The van der Waals surface area contributed by atoms with Gasteiger partial charge in [0.05, 0.1) is 29.5 Å². The Balaban J connectivity index is 1.30. The number of aryl methyl sites for hydroxylation is 1. The minimum Gasteiger partial charge on any atom is -0.353 e. The Kier molecular flexibility index (Phi) is 9.49. The monoisotopic (exact) mass is 637 g/mol. The van der Waals surface area contributed by atoms with E-state index in [9.17, 15) is 18.0 Å². The molecule has 13 heteroatoms. The van der Waals surface area contributed by atoms with Crippen LogP contribution in [0.1, 0.15) is 64.1 Å². The first-order chi connectivity index (χ1) is 21.3. The van der Waals surface area contributed by atoms with Crippen molar-refractivity contribution in [2.75, 3.05) is 47.7 Å². The molecule has 2 aliphatic rings. The molecule has 3 heterocycles. The van der Waals surface area contributed by atoms with Crippen molar-refractivity contribution in [3.8, 4) is 5.69 Å². The van der Waals surface area contributed by atoms with Gasteiger partial charge in [-0.15, -0.1) is 9.35 Å². The summed E-state index contributed by atoms with van der Waals surface area (Å²) in [6, 6.07) is 11.8. The van der Waals surface area contributed by atoms with Crippen LogP contribution in [0.2, 0.25) is 0 Å². The largest absolute Gasteiger partial charge is 0.353 e. The van der Waals surface area contributed by atoms with E-state index >= 15 is 0 Å². The van der Waals surface area contributed by atoms with Crippen molar-refractivity contribution < 1.29 is 22.3 Å². The molecule has 12 nitrogen and oxygen atoms in total. The highest BCUT2D eigenvalue weighted by Crippen LogP contribution is 2.31. The molecule has 3 amide bonds. The molecule has 5 rings (SSSR count). The summed E-state index contributed by atoms with van der Waals surface area (Å²) in [5.41, 5.74) is 2.27. The topological polar surface area (TPSA) is 130 Å². The van der Waals surface area contributed by atoms with E-state index in [4.69, 9.17) is 9.38 Å². The van der Waals surface area contributed by atoms with Crippen LogP contribution >= 0.6 is 0 Å². The van der Waals surface area contributed by atoms with Gasteiger partial charge in [-0.3, -0.25) is 4.79 Å². The van der Waals surface area contributed by atoms with Gasteiger partial charge < -0.3 is 15.1 Å². The van der Waals surface area contributed by atoms with Crippen LogP contribution in [-0.2, 0) is 24.6 Å². The number of hydrogen-bond acceptors (Lipinski definition) is 8. The third-order valence-corrected chi connectivity index (χ3v) is 8.65. The number of rotatable bonds is 8. The number of carbonyl (C=O) groups excluding carboxylic acids is 2. The van der Waals surface area contributed by atoms with E-state index < -0.39 is 21.6 Å². The van der Waals surface area contributed by atoms with E-state index in [1.54, 1.807) is 18.2 Å². The Morgan fingerprint density at radius 2 is 1.69 bits per heavy atom. The summed E-state index contributed by atoms with van der Waals surface area (Å²) in [6.07, 6.45) is 7.82. The normalized spacial score (nSPS) is 16.2. The summed E-state index contributed by atoms with van der Waals surface area (Å²) in [7, 11) is -4.11. The average molecular weight is 638 g/mol. The highest BCUT2D eigenvalue weighted by molar-refractivity contribution is 7.86. The highest BCUT2D eigenvalue weighted by Gasteiger charge is 2.30. The summed E-state index contributed by atoms with van der Waals surface area (Å²) in [4.78, 5) is 35.0. The van der Waals surface area contributed by atoms with E-state index in [0.29, 0.717) is 60.6 Å². The summed E-state index contributed by atoms with van der Waals surface area (Å²) < 4.78 is 31.4. The highest BCUT2D eigenvalue weighted by atomic mass is 32.2. The van der Waals surface area contributed by atoms with Gasteiger partial charge >= 0.3 is 6.03 Å². The zero-order valence-corrected chi connectivity index (χ0v) is 27.5. The van der Waals surface area contributed by atoms with Gasteiger partial charge in [0.15, 0.2) is 5.82 Å². The van der Waals surface area contributed by atoms with Crippen molar-refractivity contribution >= 4 is 39.4 Å². The standard InChI is InChI=1S/C32H43N7O5S/c1-23-10-13-26(14-11-23)38-29(21-27(35-38)32(2,3)4)39(44-45(5,42)43)31(41)34-25-12-15-28(33-22-25)36-16-18-37(19-17-36)30(40)20-24-8-6-7-9-24/h10-15,21-22,24H,6-9,16-20H2,1-5H3,(H,34,41). The average Bonchev–Trinajstić information content (AvgIpc) is 3.67. The quantitative estimate of drug-likeness (QED) is 0.341. The predicted molar refractivity (Wildman–Crippen MR) is 174 cm³/mol. The van der Waals surface area contributed by atoms with Crippen LogP contribution in [0.3, 0.4) is 0 Å². The lowest BCUT2D eigenvalue weighted by Gasteiger charge is -2.36. The number of carbonyl (C=O) groups is 2. The van der Waals surface area contributed by atoms with Crippen molar-refractivity contribution in [2.24, 2.45) is 5.92 Å². The first-order valence-electron chi connectivity index (χ1n) is 15.4. The summed E-state index contributed by atoms with van der Waals surface area (Å²) in [5.74, 6) is 1.62. The number of benzene rings is 1. The molecular formula is C32H43N7O5S. The van der Waals surface area contributed by atoms with Gasteiger partial charge in [0, 0.05) is 44.1 Å². The second-order valence-corrected chi connectivity index (χ2v) is 14.6. The Morgan fingerprint density at radius 1 is 1.02 bits per heavy atom. The number of amides is 3. The molecule has 0 atom stereocenters. The van der Waals surface area contributed by atoms with Gasteiger partial charge in [-0.05, 0) is 49.9 Å². The number of aromatic nitrogens is 3. The van der Waals surface area contributed by atoms with E-state index in [1.807, 2.05) is 56.9 Å². The molecule has 2 fully saturated rings. The van der Waals surface area contributed by atoms with Crippen LogP contribution in [0.4, 0.5) is 22.1 Å².